The predicted octanol–water partition coefficient (Wildman–Crippen LogP) is 5.21. The first-order chi connectivity index (χ1) is 9.86. The molecule has 0 aliphatic carbocycles. The van der Waals surface area contributed by atoms with Crippen LogP contribution in [0.2, 0.25) is 0 Å². The van der Waals surface area contributed by atoms with Crippen molar-refractivity contribution in [2.75, 3.05) is 0 Å². The second-order valence-electron chi connectivity index (χ2n) is 6.55. The Morgan fingerprint density at radius 2 is 1.24 bits per heavy atom. The largest absolute Gasteiger partial charge is 0.389 e. The van der Waals surface area contributed by atoms with E-state index >= 15 is 0 Å². The van der Waals surface area contributed by atoms with Crippen molar-refractivity contribution in [3.8, 4) is 0 Å². The van der Waals surface area contributed by atoms with Gasteiger partial charge < -0.3 is 5.11 Å². The van der Waals surface area contributed by atoms with Gasteiger partial charge in [0.2, 0.25) is 0 Å². The maximum atomic E-state index is 9.50. The summed E-state index contributed by atoms with van der Waals surface area (Å²) in [7, 11) is 0. The molecule has 21 heavy (non-hydrogen) atoms. The van der Waals surface area contributed by atoms with Gasteiger partial charge in [-0.15, -0.1) is 0 Å². The molecular weight excluding hydrogens is 256 g/mol. The van der Waals surface area contributed by atoms with Crippen LogP contribution in [0.3, 0.4) is 0 Å². The topological polar surface area (TPSA) is 20.2 Å². The number of aliphatic hydroxyl groups excluding tert-OH is 1. The molecule has 1 heteroatoms. The molecule has 2 rings (SSSR count). The Hall–Kier alpha value is -1.86. The lowest BCUT2D eigenvalue weighted by molar-refractivity contribution is 0.199. The highest BCUT2D eigenvalue weighted by Gasteiger charge is 2.12. The van der Waals surface area contributed by atoms with E-state index in [0.29, 0.717) is 0 Å². The zero-order valence-corrected chi connectivity index (χ0v) is 13.3. The third-order valence-corrected chi connectivity index (χ3v) is 3.66. The summed E-state index contributed by atoms with van der Waals surface area (Å²) >= 11 is 0. The summed E-state index contributed by atoms with van der Waals surface area (Å²) in [6, 6.07) is 16.7. The fourth-order valence-electron chi connectivity index (χ4n) is 2.17. The van der Waals surface area contributed by atoms with Crippen molar-refractivity contribution in [3.05, 3.63) is 70.8 Å². The summed E-state index contributed by atoms with van der Waals surface area (Å²) < 4.78 is 0. The number of benzene rings is 2. The summed E-state index contributed by atoms with van der Waals surface area (Å²) in [5.41, 5.74) is 4.82. The van der Waals surface area contributed by atoms with E-state index in [0.717, 1.165) is 11.1 Å². The van der Waals surface area contributed by atoms with Crippen molar-refractivity contribution in [3.63, 3.8) is 0 Å². The molecule has 0 heterocycles. The Labute approximate surface area is 128 Å². The van der Waals surface area contributed by atoms with Crippen LogP contribution in [0.4, 0.5) is 0 Å². The van der Waals surface area contributed by atoms with Gasteiger partial charge in [0.15, 0.2) is 0 Å². The lowest BCUT2D eigenvalue weighted by Gasteiger charge is -2.18. The molecule has 1 nitrogen and oxygen atoms in total. The van der Waals surface area contributed by atoms with Crippen LogP contribution in [0.5, 0.6) is 0 Å². The van der Waals surface area contributed by atoms with Gasteiger partial charge in [0, 0.05) is 0 Å². The highest BCUT2D eigenvalue weighted by Crippen LogP contribution is 2.22. The molecule has 2 aromatic rings. The smallest absolute Gasteiger partial charge is 0.0761 e. The van der Waals surface area contributed by atoms with Gasteiger partial charge in [0.1, 0.15) is 0 Å². The second-order valence-corrected chi connectivity index (χ2v) is 6.55. The second kappa shape index (κ2) is 6.28. The van der Waals surface area contributed by atoms with Gasteiger partial charge in [0.05, 0.1) is 6.10 Å². The predicted molar refractivity (Wildman–Crippen MR) is 91.1 cm³/mol. The molecule has 0 bridgehead atoms. The minimum absolute atomic E-state index is 0.194. The molecule has 1 atom stereocenters. The average Bonchev–Trinajstić information content (AvgIpc) is 2.45. The molecule has 0 amide bonds. The molecule has 0 spiro atoms. The highest BCUT2D eigenvalue weighted by atomic mass is 16.3. The Morgan fingerprint density at radius 3 is 1.62 bits per heavy atom. The van der Waals surface area contributed by atoms with Crippen molar-refractivity contribution in [2.45, 2.75) is 39.2 Å². The molecule has 0 saturated carbocycles. The van der Waals surface area contributed by atoms with Gasteiger partial charge in [-0.2, -0.15) is 0 Å². The number of rotatable bonds is 3. The van der Waals surface area contributed by atoms with E-state index in [1.165, 1.54) is 11.1 Å². The molecule has 0 saturated heterocycles. The summed E-state index contributed by atoms with van der Waals surface area (Å²) in [6.07, 6.45) is 3.80. The maximum Gasteiger partial charge on any atom is 0.0761 e. The molecule has 0 fully saturated rings. The summed E-state index contributed by atoms with van der Waals surface area (Å²) in [4.78, 5) is 0. The molecule has 0 aliphatic heterocycles. The molecule has 0 radical (unpaired) electrons. The van der Waals surface area contributed by atoms with E-state index in [9.17, 15) is 5.11 Å². The van der Waals surface area contributed by atoms with Gasteiger partial charge in [-0.05, 0) is 34.6 Å². The van der Waals surface area contributed by atoms with E-state index in [1.807, 2.05) is 24.3 Å². The van der Waals surface area contributed by atoms with E-state index in [4.69, 9.17) is 0 Å². The Bertz CT molecular complexity index is 596. The number of aliphatic hydroxyl groups is 1. The first kappa shape index (κ1) is 15.5. The fourth-order valence-corrected chi connectivity index (χ4v) is 2.17. The molecule has 0 aliphatic rings. The Balaban J connectivity index is 2.10. The normalized spacial score (nSPS) is 13.6. The molecule has 2 aromatic carbocycles. The molecule has 1 unspecified atom stereocenters. The maximum absolute atomic E-state index is 9.50. The average molecular weight is 280 g/mol. The third kappa shape index (κ3) is 4.30. The molecular formula is C20H24O. The minimum atomic E-state index is -0.409. The zero-order chi connectivity index (χ0) is 15.5. The Kier molecular flexibility index (Phi) is 4.64. The standard InChI is InChI=1S/C20H24O/c1-15(21)18-11-7-16(8-12-18)5-6-17-9-13-19(14-10-17)20(2,3)4/h5-15,21H,1-4H3/b6-5+. The van der Waals surface area contributed by atoms with Crippen LogP contribution in [-0.2, 0) is 5.41 Å². The van der Waals surface area contributed by atoms with Crippen molar-refractivity contribution in [1.82, 2.24) is 0 Å². The van der Waals surface area contributed by atoms with Crippen LogP contribution in [0.1, 0.15) is 56.1 Å². The summed E-state index contributed by atoms with van der Waals surface area (Å²) in [5, 5.41) is 9.50. The van der Waals surface area contributed by atoms with Crippen LogP contribution in [0, 0.1) is 0 Å². The minimum Gasteiger partial charge on any atom is -0.389 e. The van der Waals surface area contributed by atoms with Crippen LogP contribution in [0.15, 0.2) is 48.5 Å². The van der Waals surface area contributed by atoms with Gasteiger partial charge in [-0.3, -0.25) is 0 Å². The SMILES string of the molecule is CC(O)c1ccc(/C=C/c2ccc(C(C)(C)C)cc2)cc1. The quantitative estimate of drug-likeness (QED) is 0.765. The van der Waals surface area contributed by atoms with E-state index < -0.39 is 6.10 Å². The molecule has 110 valence electrons. The number of hydrogen-bond acceptors (Lipinski definition) is 1. The van der Waals surface area contributed by atoms with Crippen LogP contribution >= 0.6 is 0 Å². The molecule has 0 aromatic heterocycles. The van der Waals surface area contributed by atoms with Gasteiger partial charge >= 0.3 is 0 Å². The first-order valence-electron chi connectivity index (χ1n) is 7.43. The first-order valence-corrected chi connectivity index (χ1v) is 7.43. The van der Waals surface area contributed by atoms with E-state index in [1.54, 1.807) is 6.92 Å². The monoisotopic (exact) mass is 280 g/mol. The number of hydrogen-bond donors (Lipinski definition) is 1. The van der Waals surface area contributed by atoms with Gasteiger partial charge in [0.25, 0.3) is 0 Å². The third-order valence-electron chi connectivity index (χ3n) is 3.66. The Morgan fingerprint density at radius 1 is 0.810 bits per heavy atom. The summed E-state index contributed by atoms with van der Waals surface area (Å²) in [5.74, 6) is 0. The molecule has 1 N–H and O–H groups in total. The van der Waals surface area contributed by atoms with E-state index in [2.05, 4.69) is 57.2 Å². The van der Waals surface area contributed by atoms with Crippen LogP contribution in [-0.4, -0.2) is 5.11 Å². The van der Waals surface area contributed by atoms with Crippen LogP contribution < -0.4 is 0 Å². The van der Waals surface area contributed by atoms with Gasteiger partial charge in [-0.1, -0.05) is 81.5 Å². The van der Waals surface area contributed by atoms with Crippen LogP contribution in [0.25, 0.3) is 12.2 Å². The lowest BCUT2D eigenvalue weighted by Crippen LogP contribution is -2.10. The highest BCUT2D eigenvalue weighted by molar-refractivity contribution is 5.69. The van der Waals surface area contributed by atoms with Gasteiger partial charge in [-0.25, -0.2) is 0 Å². The lowest BCUT2D eigenvalue weighted by atomic mass is 9.87. The van der Waals surface area contributed by atoms with Crippen molar-refractivity contribution in [2.24, 2.45) is 0 Å². The fraction of sp³-hybridized carbons (Fsp3) is 0.300. The van der Waals surface area contributed by atoms with Crippen molar-refractivity contribution in [1.29, 1.82) is 0 Å². The van der Waals surface area contributed by atoms with E-state index in [-0.39, 0.29) is 5.41 Å². The van der Waals surface area contributed by atoms with Crippen molar-refractivity contribution >= 4 is 12.2 Å². The summed E-state index contributed by atoms with van der Waals surface area (Å²) in [6.45, 7) is 8.45. The zero-order valence-electron chi connectivity index (χ0n) is 13.3. The van der Waals surface area contributed by atoms with Crippen molar-refractivity contribution < 1.29 is 5.11 Å².